The minimum absolute atomic E-state index is 0.135. The predicted octanol–water partition coefficient (Wildman–Crippen LogP) is 4.67. The molecule has 4 N–H and O–H groups in total. The predicted molar refractivity (Wildman–Crippen MR) is 118 cm³/mol. The summed E-state index contributed by atoms with van der Waals surface area (Å²) in [6.45, 7) is 0.259. The summed E-state index contributed by atoms with van der Waals surface area (Å²) in [6, 6.07) is 16.6. The van der Waals surface area contributed by atoms with Gasteiger partial charge >= 0.3 is 0 Å². The maximum atomic E-state index is 12.8. The van der Waals surface area contributed by atoms with Gasteiger partial charge in [-0.1, -0.05) is 35.9 Å². The molecule has 148 valence electrons. The van der Waals surface area contributed by atoms with Crippen LogP contribution in [0.4, 0.5) is 5.69 Å². The highest BCUT2D eigenvalue weighted by Gasteiger charge is 2.24. The van der Waals surface area contributed by atoms with E-state index in [4.69, 9.17) is 17.3 Å². The lowest BCUT2D eigenvalue weighted by Crippen LogP contribution is -2.25. The van der Waals surface area contributed by atoms with Gasteiger partial charge in [-0.2, -0.15) is 0 Å². The van der Waals surface area contributed by atoms with Gasteiger partial charge in [-0.05, 0) is 48.7 Å². The number of nitrogens with two attached hydrogens (primary N) is 1. The fraction of sp³-hybridized carbons (Fsp3) is 0.182. The van der Waals surface area contributed by atoms with E-state index in [9.17, 15) is 9.59 Å². The number of thiophene rings is 1. The van der Waals surface area contributed by atoms with Crippen LogP contribution in [0.25, 0.3) is 10.4 Å². The van der Waals surface area contributed by atoms with Crippen LogP contribution in [0.5, 0.6) is 0 Å². The monoisotopic (exact) mass is 425 g/mol. The molecule has 2 aromatic carbocycles. The molecule has 7 heteroatoms. The molecule has 1 aromatic heterocycles. The second-order valence-electron chi connectivity index (χ2n) is 6.92. The number of hydrogen-bond acceptors (Lipinski definition) is 4. The van der Waals surface area contributed by atoms with Crippen molar-refractivity contribution in [3.05, 3.63) is 75.6 Å². The largest absolute Gasteiger partial charge is 0.349 e. The molecule has 0 aliphatic heterocycles. The Morgan fingerprint density at radius 3 is 2.59 bits per heavy atom. The lowest BCUT2D eigenvalue weighted by atomic mass is 10.1. The number of rotatable bonds is 6. The van der Waals surface area contributed by atoms with Crippen molar-refractivity contribution < 1.29 is 9.59 Å². The minimum Gasteiger partial charge on any atom is -0.349 e. The summed E-state index contributed by atoms with van der Waals surface area (Å²) in [4.78, 5) is 26.6. The van der Waals surface area contributed by atoms with E-state index in [-0.39, 0.29) is 24.4 Å². The van der Waals surface area contributed by atoms with Gasteiger partial charge in [-0.15, -0.1) is 11.3 Å². The summed E-state index contributed by atoms with van der Waals surface area (Å²) in [5, 5.41) is 6.49. The quantitative estimate of drug-likeness (QED) is 0.536. The Balaban J connectivity index is 1.54. The second kappa shape index (κ2) is 8.37. The number of carbonyl (C=O) groups is 2. The smallest absolute Gasteiger partial charge is 0.265 e. The SMILES string of the molecule is NCc1ccc(C(=O)NC2CC2)cc1NC(=O)c1ccc(-c2ccccc2Cl)s1. The van der Waals surface area contributed by atoms with E-state index < -0.39 is 0 Å². The lowest BCUT2D eigenvalue weighted by Gasteiger charge is -2.12. The van der Waals surface area contributed by atoms with Crippen LogP contribution in [0, 0.1) is 0 Å². The highest BCUT2D eigenvalue weighted by molar-refractivity contribution is 7.17. The Labute approximate surface area is 177 Å². The number of anilines is 1. The summed E-state index contributed by atoms with van der Waals surface area (Å²) in [5.74, 6) is -0.383. The number of amides is 2. The Bertz CT molecular complexity index is 1080. The Morgan fingerprint density at radius 2 is 1.86 bits per heavy atom. The average Bonchev–Trinajstić information content (AvgIpc) is 3.40. The van der Waals surface area contributed by atoms with Crippen molar-refractivity contribution >= 4 is 40.4 Å². The summed E-state index contributed by atoms with van der Waals surface area (Å²) in [7, 11) is 0. The Morgan fingerprint density at radius 1 is 1.07 bits per heavy atom. The zero-order valence-corrected chi connectivity index (χ0v) is 17.1. The number of carbonyl (C=O) groups excluding carboxylic acids is 2. The van der Waals surface area contributed by atoms with Gasteiger partial charge in [0.15, 0.2) is 0 Å². The summed E-state index contributed by atoms with van der Waals surface area (Å²) in [5.41, 5.74) is 8.53. The van der Waals surface area contributed by atoms with Crippen LogP contribution in [-0.4, -0.2) is 17.9 Å². The normalized spacial score (nSPS) is 13.2. The van der Waals surface area contributed by atoms with Gasteiger partial charge in [0.25, 0.3) is 11.8 Å². The summed E-state index contributed by atoms with van der Waals surface area (Å²) >= 11 is 7.62. The van der Waals surface area contributed by atoms with Crippen LogP contribution in [0.15, 0.2) is 54.6 Å². The standard InChI is InChI=1S/C22H20ClN3O2S/c23-17-4-2-1-3-16(17)19-9-10-20(29-19)22(28)26-18-11-13(5-6-14(18)12-24)21(27)25-15-7-8-15/h1-6,9-11,15H,7-8,12,24H2,(H,25,27)(H,26,28). The van der Waals surface area contributed by atoms with Crippen molar-refractivity contribution in [3.63, 3.8) is 0 Å². The van der Waals surface area contributed by atoms with Gasteiger partial charge in [-0.3, -0.25) is 9.59 Å². The van der Waals surface area contributed by atoms with Crippen LogP contribution < -0.4 is 16.4 Å². The molecule has 0 spiro atoms. The molecule has 1 aliphatic rings. The molecule has 1 aliphatic carbocycles. The van der Waals surface area contributed by atoms with Gasteiger partial charge in [0.1, 0.15) is 0 Å². The average molecular weight is 426 g/mol. The van der Waals surface area contributed by atoms with E-state index in [2.05, 4.69) is 10.6 Å². The van der Waals surface area contributed by atoms with Crippen LogP contribution in [0.3, 0.4) is 0 Å². The van der Waals surface area contributed by atoms with Crippen LogP contribution in [-0.2, 0) is 6.54 Å². The van der Waals surface area contributed by atoms with E-state index in [0.717, 1.165) is 28.8 Å². The molecule has 1 heterocycles. The third kappa shape index (κ3) is 4.50. The first-order chi connectivity index (χ1) is 14.0. The second-order valence-corrected chi connectivity index (χ2v) is 8.41. The number of benzene rings is 2. The van der Waals surface area contributed by atoms with E-state index in [1.807, 2.05) is 30.3 Å². The number of hydrogen-bond donors (Lipinski definition) is 3. The minimum atomic E-state index is -0.247. The van der Waals surface area contributed by atoms with E-state index in [1.54, 1.807) is 24.3 Å². The zero-order chi connectivity index (χ0) is 20.4. The fourth-order valence-electron chi connectivity index (χ4n) is 2.96. The third-order valence-corrected chi connectivity index (χ3v) is 6.17. The number of nitrogens with one attached hydrogen (secondary N) is 2. The van der Waals surface area contributed by atoms with Crippen LogP contribution >= 0.6 is 22.9 Å². The molecule has 4 rings (SSSR count). The van der Waals surface area contributed by atoms with Crippen molar-refractivity contribution in [2.45, 2.75) is 25.4 Å². The molecule has 0 bridgehead atoms. The van der Waals surface area contributed by atoms with E-state index in [0.29, 0.717) is 21.2 Å². The topological polar surface area (TPSA) is 84.2 Å². The maximum absolute atomic E-state index is 12.8. The molecular weight excluding hydrogens is 406 g/mol. The molecule has 5 nitrogen and oxygen atoms in total. The first-order valence-corrected chi connectivity index (χ1v) is 10.5. The Hall–Kier alpha value is -2.67. The Kier molecular flexibility index (Phi) is 5.67. The van der Waals surface area contributed by atoms with Crippen molar-refractivity contribution in [2.75, 3.05) is 5.32 Å². The van der Waals surface area contributed by atoms with Crippen molar-refractivity contribution in [1.82, 2.24) is 5.32 Å². The zero-order valence-electron chi connectivity index (χ0n) is 15.6. The summed E-state index contributed by atoms with van der Waals surface area (Å²) in [6.07, 6.45) is 2.03. The van der Waals surface area contributed by atoms with E-state index >= 15 is 0 Å². The van der Waals surface area contributed by atoms with Gasteiger partial charge < -0.3 is 16.4 Å². The fourth-order valence-corrected chi connectivity index (χ4v) is 4.19. The van der Waals surface area contributed by atoms with Gasteiger partial charge in [0, 0.05) is 39.3 Å². The van der Waals surface area contributed by atoms with Crippen molar-refractivity contribution in [2.24, 2.45) is 5.73 Å². The van der Waals surface area contributed by atoms with Crippen molar-refractivity contribution in [1.29, 1.82) is 0 Å². The summed E-state index contributed by atoms with van der Waals surface area (Å²) < 4.78 is 0. The molecule has 1 saturated carbocycles. The highest BCUT2D eigenvalue weighted by Crippen LogP contribution is 2.33. The molecule has 0 unspecified atom stereocenters. The van der Waals surface area contributed by atoms with Gasteiger partial charge in [0.2, 0.25) is 0 Å². The third-order valence-electron chi connectivity index (χ3n) is 4.72. The highest BCUT2D eigenvalue weighted by atomic mass is 35.5. The molecule has 1 fully saturated rings. The van der Waals surface area contributed by atoms with Gasteiger partial charge in [-0.25, -0.2) is 0 Å². The molecular formula is C22H20ClN3O2S. The van der Waals surface area contributed by atoms with E-state index in [1.165, 1.54) is 11.3 Å². The first kappa shape index (κ1) is 19.6. The van der Waals surface area contributed by atoms with Crippen LogP contribution in [0.1, 0.15) is 38.4 Å². The molecule has 0 radical (unpaired) electrons. The van der Waals surface area contributed by atoms with Gasteiger partial charge in [0.05, 0.1) is 4.88 Å². The maximum Gasteiger partial charge on any atom is 0.265 e. The molecule has 2 amide bonds. The number of halogens is 1. The molecule has 0 saturated heterocycles. The van der Waals surface area contributed by atoms with Crippen LogP contribution in [0.2, 0.25) is 5.02 Å². The molecule has 0 atom stereocenters. The lowest BCUT2D eigenvalue weighted by molar-refractivity contribution is 0.0949. The molecule has 3 aromatic rings. The van der Waals surface area contributed by atoms with Crippen molar-refractivity contribution in [3.8, 4) is 10.4 Å². The molecule has 29 heavy (non-hydrogen) atoms. The first-order valence-electron chi connectivity index (χ1n) is 9.35.